The van der Waals surface area contributed by atoms with E-state index < -0.39 is 0 Å². The molecule has 2 aromatic carbocycles. The third-order valence-corrected chi connectivity index (χ3v) is 5.11. The first-order valence-corrected chi connectivity index (χ1v) is 9.10. The summed E-state index contributed by atoms with van der Waals surface area (Å²) in [6, 6.07) is 11.6. The lowest BCUT2D eigenvalue weighted by Crippen LogP contribution is -2.14. The molecule has 0 saturated heterocycles. The van der Waals surface area contributed by atoms with E-state index in [4.69, 9.17) is 4.74 Å². The first-order valence-electron chi connectivity index (χ1n) is 8.29. The van der Waals surface area contributed by atoms with E-state index in [9.17, 15) is 4.79 Å². The molecular weight excluding hydrogens is 348 g/mol. The Kier molecular flexibility index (Phi) is 4.30. The van der Waals surface area contributed by atoms with Gasteiger partial charge in [0.15, 0.2) is 0 Å². The number of carbonyl (C=O) groups excluding carboxylic acids is 1. The Hall–Kier alpha value is -2.93. The standard InChI is InChI=1S/C19H18N4O2S/c1-12-21-16-5-3-14(10-18(16)26-12)22-19(24)7-8-23-17-6-4-15(25-2)9-13(17)11-20-23/h3-6,9-11H,7-8H2,1-2H3,(H,22,24). The van der Waals surface area contributed by atoms with E-state index in [0.29, 0.717) is 13.0 Å². The van der Waals surface area contributed by atoms with Crippen molar-refractivity contribution in [2.24, 2.45) is 0 Å². The number of fused-ring (bicyclic) bond motifs is 2. The van der Waals surface area contributed by atoms with Gasteiger partial charge in [-0.25, -0.2) is 4.98 Å². The van der Waals surface area contributed by atoms with Crippen molar-refractivity contribution in [3.05, 3.63) is 47.6 Å². The van der Waals surface area contributed by atoms with Crippen molar-refractivity contribution in [1.29, 1.82) is 0 Å². The molecule has 2 aromatic heterocycles. The van der Waals surface area contributed by atoms with Crippen LogP contribution in [0.3, 0.4) is 0 Å². The summed E-state index contributed by atoms with van der Waals surface area (Å²) < 4.78 is 8.14. The number of hydrogen-bond acceptors (Lipinski definition) is 5. The van der Waals surface area contributed by atoms with Gasteiger partial charge in [-0.2, -0.15) is 5.10 Å². The van der Waals surface area contributed by atoms with Gasteiger partial charge in [-0.15, -0.1) is 11.3 Å². The van der Waals surface area contributed by atoms with Crippen LogP contribution in [0.1, 0.15) is 11.4 Å². The van der Waals surface area contributed by atoms with Gasteiger partial charge in [0.2, 0.25) is 5.91 Å². The number of nitrogens with zero attached hydrogens (tertiary/aromatic N) is 3. The van der Waals surface area contributed by atoms with Gasteiger partial charge in [-0.1, -0.05) is 0 Å². The van der Waals surface area contributed by atoms with E-state index in [1.807, 2.05) is 48.0 Å². The summed E-state index contributed by atoms with van der Waals surface area (Å²) in [5.41, 5.74) is 2.74. The third kappa shape index (κ3) is 3.25. The Labute approximate surface area is 154 Å². The van der Waals surface area contributed by atoms with E-state index in [0.717, 1.165) is 37.6 Å². The SMILES string of the molecule is COc1ccc2c(cnn2CCC(=O)Nc2ccc3nc(C)sc3c2)c1. The summed E-state index contributed by atoms with van der Waals surface area (Å²) >= 11 is 1.62. The second kappa shape index (κ2) is 6.76. The van der Waals surface area contributed by atoms with Gasteiger partial charge in [-0.3, -0.25) is 9.48 Å². The molecule has 1 amide bonds. The fraction of sp³-hybridized carbons (Fsp3) is 0.211. The number of benzene rings is 2. The number of ether oxygens (including phenoxy) is 1. The molecule has 0 aliphatic rings. The summed E-state index contributed by atoms with van der Waals surface area (Å²) in [7, 11) is 1.64. The topological polar surface area (TPSA) is 69.0 Å². The molecule has 0 aliphatic carbocycles. The second-order valence-corrected chi connectivity index (χ2v) is 7.24. The van der Waals surface area contributed by atoms with Gasteiger partial charge in [-0.05, 0) is 43.3 Å². The maximum absolute atomic E-state index is 12.3. The number of methoxy groups -OCH3 is 1. The zero-order chi connectivity index (χ0) is 18.1. The molecule has 26 heavy (non-hydrogen) atoms. The molecule has 0 bridgehead atoms. The van der Waals surface area contributed by atoms with Crippen LogP contribution >= 0.6 is 11.3 Å². The summed E-state index contributed by atoms with van der Waals surface area (Å²) in [6.45, 7) is 2.50. The van der Waals surface area contributed by atoms with E-state index in [1.54, 1.807) is 24.6 Å². The molecule has 0 unspecified atom stereocenters. The summed E-state index contributed by atoms with van der Waals surface area (Å²) in [4.78, 5) is 16.7. The van der Waals surface area contributed by atoms with Crippen molar-refractivity contribution in [2.75, 3.05) is 12.4 Å². The molecule has 0 atom stereocenters. The molecule has 132 valence electrons. The van der Waals surface area contributed by atoms with Gasteiger partial charge < -0.3 is 10.1 Å². The maximum atomic E-state index is 12.3. The van der Waals surface area contributed by atoms with Crippen LogP contribution in [-0.4, -0.2) is 27.8 Å². The number of anilines is 1. The molecule has 0 aliphatic heterocycles. The minimum Gasteiger partial charge on any atom is -0.497 e. The molecule has 0 radical (unpaired) electrons. The molecule has 0 saturated carbocycles. The Bertz CT molecular complexity index is 1100. The van der Waals surface area contributed by atoms with Crippen molar-refractivity contribution in [2.45, 2.75) is 19.9 Å². The van der Waals surface area contributed by atoms with Crippen molar-refractivity contribution in [1.82, 2.24) is 14.8 Å². The first-order chi connectivity index (χ1) is 12.6. The molecule has 0 fully saturated rings. The molecule has 4 rings (SSSR count). The van der Waals surface area contributed by atoms with Crippen molar-refractivity contribution < 1.29 is 9.53 Å². The average molecular weight is 366 g/mol. The van der Waals surface area contributed by atoms with Crippen molar-refractivity contribution in [3.63, 3.8) is 0 Å². The van der Waals surface area contributed by atoms with Crippen LogP contribution in [0, 0.1) is 6.92 Å². The lowest BCUT2D eigenvalue weighted by atomic mass is 10.2. The zero-order valence-electron chi connectivity index (χ0n) is 14.5. The highest BCUT2D eigenvalue weighted by Gasteiger charge is 2.08. The molecule has 7 heteroatoms. The van der Waals surface area contributed by atoms with Gasteiger partial charge >= 0.3 is 0 Å². The van der Waals surface area contributed by atoms with Crippen molar-refractivity contribution >= 4 is 44.1 Å². The number of aryl methyl sites for hydroxylation is 2. The normalized spacial score (nSPS) is 11.2. The Balaban J connectivity index is 1.43. The second-order valence-electron chi connectivity index (χ2n) is 6.01. The highest BCUT2D eigenvalue weighted by molar-refractivity contribution is 7.18. The summed E-state index contributed by atoms with van der Waals surface area (Å²) in [5.74, 6) is 0.756. The number of amides is 1. The van der Waals surface area contributed by atoms with Gasteiger partial charge in [0.05, 0.1) is 40.6 Å². The zero-order valence-corrected chi connectivity index (χ0v) is 15.3. The molecule has 1 N–H and O–H groups in total. The third-order valence-electron chi connectivity index (χ3n) is 4.18. The fourth-order valence-electron chi connectivity index (χ4n) is 2.92. The van der Waals surface area contributed by atoms with E-state index in [-0.39, 0.29) is 5.91 Å². The van der Waals surface area contributed by atoms with E-state index >= 15 is 0 Å². The van der Waals surface area contributed by atoms with Crippen LogP contribution in [0.15, 0.2) is 42.6 Å². The minimum atomic E-state index is -0.0391. The Morgan fingerprint density at radius 2 is 2.15 bits per heavy atom. The number of carbonyl (C=O) groups is 1. The lowest BCUT2D eigenvalue weighted by molar-refractivity contribution is -0.116. The van der Waals surface area contributed by atoms with E-state index in [2.05, 4.69) is 15.4 Å². The molecule has 2 heterocycles. The minimum absolute atomic E-state index is 0.0391. The van der Waals surface area contributed by atoms with Gasteiger partial charge in [0.25, 0.3) is 0 Å². The number of rotatable bonds is 5. The fourth-order valence-corrected chi connectivity index (χ4v) is 3.79. The molecular formula is C19H18N4O2S. The predicted octanol–water partition coefficient (Wildman–Crippen LogP) is 3.99. The summed E-state index contributed by atoms with van der Waals surface area (Å²) in [6.07, 6.45) is 2.14. The van der Waals surface area contributed by atoms with Crippen LogP contribution in [0.4, 0.5) is 5.69 Å². The van der Waals surface area contributed by atoms with Crippen molar-refractivity contribution in [3.8, 4) is 5.75 Å². The number of hydrogen-bond donors (Lipinski definition) is 1. The highest BCUT2D eigenvalue weighted by Crippen LogP contribution is 2.25. The largest absolute Gasteiger partial charge is 0.497 e. The van der Waals surface area contributed by atoms with Crippen LogP contribution < -0.4 is 10.1 Å². The van der Waals surface area contributed by atoms with Gasteiger partial charge in [0, 0.05) is 17.5 Å². The van der Waals surface area contributed by atoms with E-state index in [1.165, 1.54) is 0 Å². The Morgan fingerprint density at radius 1 is 1.27 bits per heavy atom. The van der Waals surface area contributed by atoms with Gasteiger partial charge in [0.1, 0.15) is 5.75 Å². The molecule has 0 spiro atoms. The maximum Gasteiger partial charge on any atom is 0.226 e. The van der Waals surface area contributed by atoms with Crippen LogP contribution in [0.2, 0.25) is 0 Å². The van der Waals surface area contributed by atoms with Crippen LogP contribution in [0.25, 0.3) is 21.1 Å². The van der Waals surface area contributed by atoms with Crippen LogP contribution in [0.5, 0.6) is 5.75 Å². The predicted molar refractivity (Wildman–Crippen MR) is 104 cm³/mol. The monoisotopic (exact) mass is 366 g/mol. The summed E-state index contributed by atoms with van der Waals surface area (Å²) in [5, 5.41) is 9.33. The number of nitrogens with one attached hydrogen (secondary N) is 1. The number of aromatic nitrogens is 3. The molecule has 4 aromatic rings. The smallest absolute Gasteiger partial charge is 0.226 e. The quantitative estimate of drug-likeness (QED) is 0.580. The first kappa shape index (κ1) is 16.5. The average Bonchev–Trinajstić information content (AvgIpc) is 3.21. The molecule has 6 nitrogen and oxygen atoms in total. The number of thiazole rings is 1. The Morgan fingerprint density at radius 3 is 3.00 bits per heavy atom. The highest BCUT2D eigenvalue weighted by atomic mass is 32.1. The lowest BCUT2D eigenvalue weighted by Gasteiger charge is -2.07. The van der Waals surface area contributed by atoms with Crippen LogP contribution in [-0.2, 0) is 11.3 Å².